The molecule has 0 aliphatic rings. The molecular formula is C20H18ClFN2O3. The van der Waals surface area contributed by atoms with Crippen molar-refractivity contribution in [3.63, 3.8) is 0 Å². The highest BCUT2D eigenvalue weighted by Gasteiger charge is 2.29. The quantitative estimate of drug-likeness (QED) is 0.712. The van der Waals surface area contributed by atoms with E-state index in [4.69, 9.17) is 11.6 Å². The van der Waals surface area contributed by atoms with Crippen molar-refractivity contribution in [2.24, 2.45) is 0 Å². The lowest BCUT2D eigenvalue weighted by atomic mass is 9.96. The van der Waals surface area contributed by atoms with Crippen LogP contribution in [0.25, 0.3) is 10.9 Å². The predicted octanol–water partition coefficient (Wildman–Crippen LogP) is 3.99. The van der Waals surface area contributed by atoms with Gasteiger partial charge in [0, 0.05) is 28.7 Å². The fourth-order valence-corrected chi connectivity index (χ4v) is 3.56. The zero-order valence-electron chi connectivity index (χ0n) is 15.0. The topological polar surface area (TPSA) is 71.3 Å². The molecule has 2 N–H and O–H groups in total. The van der Waals surface area contributed by atoms with Gasteiger partial charge in [-0.2, -0.15) is 0 Å². The Hall–Kier alpha value is -2.86. The van der Waals surface area contributed by atoms with Crippen LogP contribution in [-0.4, -0.2) is 28.5 Å². The van der Waals surface area contributed by atoms with E-state index in [9.17, 15) is 19.1 Å². The second-order valence-corrected chi connectivity index (χ2v) is 6.72. The van der Waals surface area contributed by atoms with Crippen LogP contribution < -0.4 is 5.32 Å². The van der Waals surface area contributed by atoms with E-state index in [1.165, 1.54) is 29.8 Å². The summed E-state index contributed by atoms with van der Waals surface area (Å²) in [7, 11) is 1.48. The molecule has 0 radical (unpaired) electrons. The standard InChI is InChI=1S/C20H18ClFN2O3/c1-10(19(26)23-3)16-11(2)24(14-7-8-15(25)18(22)17(14)16)20(27)12-5-4-6-13(21)9-12/h4-10,25H,1-3H3,(H,23,26)/t10-/m0/s1. The van der Waals surface area contributed by atoms with E-state index >= 15 is 0 Å². The SMILES string of the molecule is CNC(=O)[C@@H](C)c1c(C)n(C(=O)c2cccc(Cl)c2)c2ccc(O)c(F)c12. The summed E-state index contributed by atoms with van der Waals surface area (Å²) in [5.74, 6) is -2.85. The zero-order valence-corrected chi connectivity index (χ0v) is 15.8. The molecule has 140 valence electrons. The summed E-state index contributed by atoms with van der Waals surface area (Å²) in [6, 6.07) is 9.08. The Kier molecular flexibility index (Phi) is 4.93. The Labute approximate surface area is 160 Å². The van der Waals surface area contributed by atoms with Gasteiger partial charge in [-0.3, -0.25) is 14.2 Å². The summed E-state index contributed by atoms with van der Waals surface area (Å²) >= 11 is 5.99. The number of phenolic OH excluding ortho intramolecular Hbond substituents is 1. The molecule has 0 unspecified atom stereocenters. The third kappa shape index (κ3) is 3.06. The van der Waals surface area contributed by atoms with Gasteiger partial charge in [-0.15, -0.1) is 0 Å². The number of fused-ring (bicyclic) bond motifs is 1. The molecule has 1 atom stereocenters. The van der Waals surface area contributed by atoms with Gasteiger partial charge in [-0.05, 0) is 49.7 Å². The average molecular weight is 389 g/mol. The van der Waals surface area contributed by atoms with E-state index in [2.05, 4.69) is 5.32 Å². The van der Waals surface area contributed by atoms with Gasteiger partial charge in [-0.25, -0.2) is 4.39 Å². The van der Waals surface area contributed by atoms with Crippen molar-refractivity contribution in [2.75, 3.05) is 7.05 Å². The third-order valence-electron chi connectivity index (χ3n) is 4.68. The number of benzene rings is 2. The first-order valence-corrected chi connectivity index (χ1v) is 8.70. The van der Waals surface area contributed by atoms with Crippen molar-refractivity contribution in [3.05, 3.63) is 64.1 Å². The summed E-state index contributed by atoms with van der Waals surface area (Å²) in [5.41, 5.74) is 1.39. The van der Waals surface area contributed by atoms with Gasteiger partial charge in [0.2, 0.25) is 5.91 Å². The van der Waals surface area contributed by atoms with Gasteiger partial charge in [0.1, 0.15) is 0 Å². The lowest BCUT2D eigenvalue weighted by Gasteiger charge is -2.12. The minimum absolute atomic E-state index is 0.0546. The number of aromatic hydroxyl groups is 1. The predicted molar refractivity (Wildman–Crippen MR) is 102 cm³/mol. The van der Waals surface area contributed by atoms with E-state index < -0.39 is 23.4 Å². The van der Waals surface area contributed by atoms with Crippen LogP contribution in [0.4, 0.5) is 4.39 Å². The molecule has 1 heterocycles. The van der Waals surface area contributed by atoms with Gasteiger partial charge < -0.3 is 10.4 Å². The Morgan fingerprint density at radius 3 is 2.59 bits per heavy atom. The number of hydrogen-bond acceptors (Lipinski definition) is 3. The number of amides is 1. The van der Waals surface area contributed by atoms with Crippen LogP contribution >= 0.6 is 11.6 Å². The summed E-state index contributed by atoms with van der Waals surface area (Å²) in [6.07, 6.45) is 0. The number of carbonyl (C=O) groups excluding carboxylic acids is 2. The van der Waals surface area contributed by atoms with Gasteiger partial charge in [0.25, 0.3) is 5.91 Å². The second kappa shape index (κ2) is 7.04. The van der Waals surface area contributed by atoms with Crippen molar-refractivity contribution in [3.8, 4) is 5.75 Å². The Morgan fingerprint density at radius 2 is 1.96 bits per heavy atom. The Morgan fingerprint density at radius 1 is 1.26 bits per heavy atom. The molecule has 0 saturated carbocycles. The molecule has 27 heavy (non-hydrogen) atoms. The highest BCUT2D eigenvalue weighted by molar-refractivity contribution is 6.31. The number of halogens is 2. The fraction of sp³-hybridized carbons (Fsp3) is 0.200. The van der Waals surface area contributed by atoms with Crippen LogP contribution in [0.3, 0.4) is 0 Å². The van der Waals surface area contributed by atoms with Gasteiger partial charge in [-0.1, -0.05) is 17.7 Å². The Balaban J connectivity index is 2.34. The number of nitrogens with one attached hydrogen (secondary N) is 1. The van der Waals surface area contributed by atoms with Gasteiger partial charge in [0.05, 0.1) is 11.4 Å². The Bertz CT molecular complexity index is 1070. The van der Waals surface area contributed by atoms with Crippen LogP contribution in [0.5, 0.6) is 5.75 Å². The fourth-order valence-electron chi connectivity index (χ4n) is 3.37. The molecular weight excluding hydrogens is 371 g/mol. The molecule has 7 heteroatoms. The first-order valence-electron chi connectivity index (χ1n) is 8.32. The van der Waals surface area contributed by atoms with E-state index in [-0.39, 0.29) is 16.8 Å². The maximum atomic E-state index is 14.8. The van der Waals surface area contributed by atoms with Crippen LogP contribution in [0.1, 0.15) is 34.5 Å². The molecule has 2 aromatic carbocycles. The summed E-state index contributed by atoms with van der Waals surface area (Å²) in [5, 5.41) is 12.8. The molecule has 0 saturated heterocycles. The van der Waals surface area contributed by atoms with Gasteiger partial charge in [0.15, 0.2) is 11.6 Å². The van der Waals surface area contributed by atoms with E-state index in [1.54, 1.807) is 32.0 Å². The van der Waals surface area contributed by atoms with Gasteiger partial charge >= 0.3 is 0 Å². The number of likely N-dealkylation sites (N-methyl/N-ethyl adjacent to an activating group) is 1. The number of carbonyl (C=O) groups is 2. The maximum absolute atomic E-state index is 14.8. The molecule has 5 nitrogen and oxygen atoms in total. The molecule has 0 aliphatic carbocycles. The summed E-state index contributed by atoms with van der Waals surface area (Å²) < 4.78 is 16.1. The van der Waals surface area contributed by atoms with Crippen LogP contribution in [0.2, 0.25) is 5.02 Å². The molecule has 0 aliphatic heterocycles. The molecule has 1 amide bonds. The highest BCUT2D eigenvalue weighted by Crippen LogP contribution is 2.37. The summed E-state index contributed by atoms with van der Waals surface area (Å²) in [6.45, 7) is 3.27. The maximum Gasteiger partial charge on any atom is 0.262 e. The minimum Gasteiger partial charge on any atom is -0.505 e. The number of rotatable bonds is 3. The molecule has 3 aromatic rings. The third-order valence-corrected chi connectivity index (χ3v) is 4.92. The zero-order chi connectivity index (χ0) is 19.9. The highest BCUT2D eigenvalue weighted by atomic mass is 35.5. The monoisotopic (exact) mass is 388 g/mol. The lowest BCUT2D eigenvalue weighted by molar-refractivity contribution is -0.121. The molecule has 1 aromatic heterocycles. The van der Waals surface area contributed by atoms with E-state index in [0.717, 1.165) is 0 Å². The van der Waals surface area contributed by atoms with E-state index in [1.807, 2.05) is 0 Å². The van der Waals surface area contributed by atoms with Crippen molar-refractivity contribution < 1.29 is 19.1 Å². The average Bonchev–Trinajstić information content (AvgIpc) is 2.95. The summed E-state index contributed by atoms with van der Waals surface area (Å²) in [4.78, 5) is 25.3. The first-order chi connectivity index (χ1) is 12.8. The van der Waals surface area contributed by atoms with Crippen LogP contribution in [0.15, 0.2) is 36.4 Å². The number of nitrogens with zero attached hydrogens (tertiary/aromatic N) is 1. The minimum atomic E-state index is -0.862. The molecule has 0 fully saturated rings. The van der Waals surface area contributed by atoms with E-state index in [0.29, 0.717) is 21.8 Å². The largest absolute Gasteiger partial charge is 0.505 e. The van der Waals surface area contributed by atoms with Crippen molar-refractivity contribution in [1.29, 1.82) is 0 Å². The van der Waals surface area contributed by atoms with Crippen LogP contribution in [0, 0.1) is 12.7 Å². The van der Waals surface area contributed by atoms with Crippen molar-refractivity contribution in [1.82, 2.24) is 9.88 Å². The smallest absolute Gasteiger partial charge is 0.262 e. The van der Waals surface area contributed by atoms with Crippen LogP contribution in [-0.2, 0) is 4.79 Å². The van der Waals surface area contributed by atoms with Crippen molar-refractivity contribution in [2.45, 2.75) is 19.8 Å². The number of aromatic nitrogens is 1. The second-order valence-electron chi connectivity index (χ2n) is 6.28. The molecule has 0 spiro atoms. The normalized spacial score (nSPS) is 12.2. The molecule has 0 bridgehead atoms. The number of hydrogen-bond donors (Lipinski definition) is 2. The molecule has 3 rings (SSSR count). The number of phenols is 1. The first kappa shape index (κ1) is 18.9. The lowest BCUT2D eigenvalue weighted by Crippen LogP contribution is -2.24. The van der Waals surface area contributed by atoms with Crippen molar-refractivity contribution >= 4 is 34.3 Å².